The van der Waals surface area contributed by atoms with Gasteiger partial charge in [0.2, 0.25) is 0 Å². The van der Waals surface area contributed by atoms with Crippen LogP contribution in [0.15, 0.2) is 37.1 Å². The molecule has 1 aromatic carbocycles. The molecule has 0 radical (unpaired) electrons. The number of aliphatic hydroxyl groups excluding tert-OH is 1. The van der Waals surface area contributed by atoms with E-state index in [9.17, 15) is 37.5 Å². The fourth-order valence-corrected chi connectivity index (χ4v) is 6.48. The van der Waals surface area contributed by atoms with Crippen LogP contribution < -0.4 is 19.9 Å². The topological polar surface area (TPSA) is 200 Å². The van der Waals surface area contributed by atoms with Crippen LogP contribution >= 0.6 is 0 Å². The highest BCUT2D eigenvalue weighted by atomic mass is 19.3. The number of nitrogens with one attached hydrogen (secondary N) is 1. The number of alkyl carbamates (subject to hydrolysis) is 1. The normalized spacial score (nSPS) is 16.6. The molecule has 2 unspecified atom stereocenters. The molecule has 1 aliphatic heterocycles. The Morgan fingerprint density at radius 3 is 2.07 bits per heavy atom. The second-order valence-electron chi connectivity index (χ2n) is 17.2. The average molecular weight is 861 g/mol. The third-order valence-electron chi connectivity index (χ3n) is 8.95. The number of aliphatic hydroxyl groups is 1. The number of hydrogen-bond donors (Lipinski definition) is 2. The number of imidazole rings is 1. The maximum atomic E-state index is 15.5. The van der Waals surface area contributed by atoms with Crippen molar-refractivity contribution in [3.8, 4) is 17.0 Å². The Morgan fingerprint density at radius 1 is 0.869 bits per heavy atom. The lowest BCUT2D eigenvalue weighted by molar-refractivity contribution is -0.0664. The van der Waals surface area contributed by atoms with E-state index >= 15 is 4.39 Å². The molecule has 21 heteroatoms. The molecule has 4 heterocycles. The summed E-state index contributed by atoms with van der Waals surface area (Å²) in [7, 11) is 1.15. The number of carbonyl (C=O) groups excluding carboxylic acids is 4. The Bertz CT molecular complexity index is 2300. The minimum absolute atomic E-state index is 0.0417. The van der Waals surface area contributed by atoms with Crippen LogP contribution in [0, 0.1) is 11.6 Å². The molecular formula is C40H48F4N8O9. The number of hydrogen-bond acceptors (Lipinski definition) is 14. The third-order valence-corrected chi connectivity index (χ3v) is 8.95. The maximum Gasteiger partial charge on any atom is 0.425 e. The molecule has 330 valence electrons. The van der Waals surface area contributed by atoms with Gasteiger partial charge in [-0.15, -0.1) is 0 Å². The lowest BCUT2D eigenvalue weighted by atomic mass is 9.83. The van der Waals surface area contributed by atoms with Crippen molar-refractivity contribution >= 4 is 46.9 Å². The van der Waals surface area contributed by atoms with E-state index in [-0.39, 0.29) is 53.1 Å². The number of alkyl halides is 2. The van der Waals surface area contributed by atoms with Crippen molar-refractivity contribution in [2.45, 2.75) is 110 Å². The number of carbonyl (C=O) groups is 4. The smallest absolute Gasteiger partial charge is 0.425 e. The van der Waals surface area contributed by atoms with Crippen LogP contribution in [-0.2, 0) is 14.2 Å². The maximum absolute atomic E-state index is 15.5. The van der Waals surface area contributed by atoms with E-state index in [1.165, 1.54) is 4.90 Å². The lowest BCUT2D eigenvalue weighted by Crippen LogP contribution is -2.67. The largest absolute Gasteiger partial charge is 0.494 e. The summed E-state index contributed by atoms with van der Waals surface area (Å²) in [5.41, 5.74) is -6.65. The number of anilines is 2. The fraction of sp³-hybridized carbons (Fsp3) is 0.500. The number of imide groups is 1. The molecule has 17 nitrogen and oxygen atoms in total. The molecule has 61 heavy (non-hydrogen) atoms. The standard InChI is InChI=1S/C40H48F4N8O9/c1-37(2,3)59-34(55)49-40(29(53)30(43)44)12-11-13-50(18-40)26-17-45-25(21-14-24(42)27(58-10)16-23(21)41)15-22(26)33(54)51-20-48-28-31(51)46-19-47-32(28)52(35(56)60-38(4,5)6)36(57)61-39(7,8)9/h14-17,19-20,29-30,53H,11-13,18H2,1-10H3,(H,49,55). The van der Waals surface area contributed by atoms with Gasteiger partial charge in [-0.25, -0.2) is 51.5 Å². The Morgan fingerprint density at radius 2 is 1.49 bits per heavy atom. The molecule has 0 spiro atoms. The van der Waals surface area contributed by atoms with Crippen LogP contribution in [0.5, 0.6) is 5.75 Å². The van der Waals surface area contributed by atoms with Gasteiger partial charge in [-0.2, -0.15) is 4.90 Å². The number of pyridine rings is 1. The van der Waals surface area contributed by atoms with Crippen LogP contribution in [0.2, 0.25) is 0 Å². The summed E-state index contributed by atoms with van der Waals surface area (Å²) in [5.74, 6) is -3.67. The number of piperidine rings is 1. The highest BCUT2D eigenvalue weighted by Crippen LogP contribution is 2.36. The first-order valence-electron chi connectivity index (χ1n) is 19.0. The van der Waals surface area contributed by atoms with E-state index in [1.54, 1.807) is 62.3 Å². The van der Waals surface area contributed by atoms with Crippen molar-refractivity contribution in [3.05, 3.63) is 54.2 Å². The minimum atomic E-state index is -3.32. The van der Waals surface area contributed by atoms with Crippen molar-refractivity contribution in [1.82, 2.24) is 29.8 Å². The quantitative estimate of drug-likeness (QED) is 0.135. The molecule has 1 fully saturated rings. The molecule has 4 aromatic rings. The van der Waals surface area contributed by atoms with Crippen molar-refractivity contribution in [3.63, 3.8) is 0 Å². The second kappa shape index (κ2) is 17.1. The number of ether oxygens (including phenoxy) is 4. The number of methoxy groups -OCH3 is 1. The van der Waals surface area contributed by atoms with Crippen molar-refractivity contribution in [2.75, 3.05) is 30.0 Å². The van der Waals surface area contributed by atoms with E-state index in [4.69, 9.17) is 18.9 Å². The van der Waals surface area contributed by atoms with Crippen molar-refractivity contribution in [2.24, 2.45) is 0 Å². The third kappa shape index (κ3) is 10.4. The van der Waals surface area contributed by atoms with Gasteiger partial charge in [-0.1, -0.05) is 0 Å². The van der Waals surface area contributed by atoms with Gasteiger partial charge < -0.3 is 34.3 Å². The van der Waals surface area contributed by atoms with E-state index in [0.29, 0.717) is 4.90 Å². The minimum Gasteiger partial charge on any atom is -0.494 e. The molecule has 1 aliphatic rings. The second-order valence-corrected chi connectivity index (χ2v) is 17.2. The predicted octanol–water partition coefficient (Wildman–Crippen LogP) is 7.03. The molecule has 0 saturated carbocycles. The molecule has 0 aliphatic carbocycles. The summed E-state index contributed by atoms with van der Waals surface area (Å²) in [6, 6.07) is 2.73. The van der Waals surface area contributed by atoms with Crippen LogP contribution in [-0.4, -0.2) is 109 Å². The molecular weight excluding hydrogens is 812 g/mol. The number of aromatic nitrogens is 5. The van der Waals surface area contributed by atoms with Gasteiger partial charge in [0.25, 0.3) is 12.3 Å². The number of rotatable bonds is 8. The number of halogens is 4. The van der Waals surface area contributed by atoms with Crippen LogP contribution in [0.25, 0.3) is 22.4 Å². The first-order chi connectivity index (χ1) is 28.2. The molecule has 3 amide bonds. The number of nitrogens with zero attached hydrogens (tertiary/aromatic N) is 7. The van der Waals surface area contributed by atoms with Gasteiger partial charge in [0, 0.05) is 24.7 Å². The SMILES string of the molecule is COc1cc(F)c(-c2cc(C(=O)n3cnc4c(N(C(=O)OC(C)(C)C)C(=O)OC(C)(C)C)ncnc43)c(N3CCCC(NC(=O)OC(C)(C)C)(C(O)C(F)F)C3)cn2)cc1F. The zero-order chi connectivity index (χ0) is 45.4. The van der Waals surface area contributed by atoms with Crippen molar-refractivity contribution in [1.29, 1.82) is 0 Å². The van der Waals surface area contributed by atoms with Gasteiger partial charge >= 0.3 is 18.3 Å². The van der Waals surface area contributed by atoms with Gasteiger partial charge in [-0.05, 0) is 87.3 Å². The summed E-state index contributed by atoms with van der Waals surface area (Å²) in [6.45, 7) is 13.7. The van der Waals surface area contributed by atoms with Gasteiger partial charge in [-0.3, -0.25) is 9.78 Å². The zero-order valence-electron chi connectivity index (χ0n) is 35.3. The highest BCUT2D eigenvalue weighted by molar-refractivity contribution is 6.13. The van der Waals surface area contributed by atoms with Gasteiger partial charge in [0.15, 0.2) is 28.5 Å². The van der Waals surface area contributed by atoms with E-state index < -0.39 is 88.8 Å². The van der Waals surface area contributed by atoms with Gasteiger partial charge in [0.1, 0.15) is 41.4 Å². The van der Waals surface area contributed by atoms with Crippen LogP contribution in [0.3, 0.4) is 0 Å². The summed E-state index contributed by atoms with van der Waals surface area (Å²) >= 11 is 0. The Kier molecular flexibility index (Phi) is 12.9. The van der Waals surface area contributed by atoms with Crippen LogP contribution in [0.4, 0.5) is 43.5 Å². The number of amides is 3. The summed E-state index contributed by atoms with van der Waals surface area (Å²) in [5, 5.41) is 13.4. The molecule has 1 saturated heterocycles. The molecule has 2 atom stereocenters. The van der Waals surface area contributed by atoms with E-state index in [1.807, 2.05) is 0 Å². The molecule has 5 rings (SSSR count). The fourth-order valence-electron chi connectivity index (χ4n) is 6.48. The average Bonchev–Trinajstić information content (AvgIpc) is 3.57. The first kappa shape index (κ1) is 46.0. The van der Waals surface area contributed by atoms with Gasteiger partial charge in [0.05, 0.1) is 35.8 Å². The number of benzene rings is 1. The van der Waals surface area contributed by atoms with Crippen molar-refractivity contribution < 1.29 is 60.8 Å². The summed E-state index contributed by atoms with van der Waals surface area (Å²) in [6.07, 6.45) is -6.11. The monoisotopic (exact) mass is 860 g/mol. The van der Waals surface area contributed by atoms with E-state index in [0.717, 1.165) is 48.7 Å². The molecule has 3 aromatic heterocycles. The zero-order valence-corrected chi connectivity index (χ0v) is 35.3. The highest BCUT2D eigenvalue weighted by Gasteiger charge is 2.48. The predicted molar refractivity (Wildman–Crippen MR) is 212 cm³/mol. The lowest BCUT2D eigenvalue weighted by Gasteiger charge is -2.46. The first-order valence-corrected chi connectivity index (χ1v) is 19.0. The number of fused-ring (bicyclic) bond motifs is 1. The summed E-state index contributed by atoms with van der Waals surface area (Å²) in [4.78, 5) is 73.7. The van der Waals surface area contributed by atoms with Crippen LogP contribution in [0.1, 0.15) is 85.5 Å². The Hall–Kier alpha value is -6.12. The summed E-state index contributed by atoms with van der Waals surface area (Å²) < 4.78 is 81.2. The molecule has 0 bridgehead atoms. The Balaban J connectivity index is 1.69. The Labute approximate surface area is 348 Å². The van der Waals surface area contributed by atoms with E-state index in [2.05, 4.69) is 25.3 Å². The molecule has 2 N–H and O–H groups in total.